The van der Waals surface area contributed by atoms with Gasteiger partial charge in [0.2, 0.25) is 0 Å². The third kappa shape index (κ3) is 1.61. The van der Waals surface area contributed by atoms with Crippen LogP contribution < -0.4 is 5.56 Å². The summed E-state index contributed by atoms with van der Waals surface area (Å²) < 4.78 is 1.90. The normalized spacial score (nSPS) is 15.2. The van der Waals surface area contributed by atoms with Gasteiger partial charge in [0.25, 0.3) is 5.56 Å². The first kappa shape index (κ1) is 10.4. The number of nitrogens with zero attached hydrogens (tertiary/aromatic N) is 2. The molecule has 2 aromatic rings. The molecule has 3 rings (SSSR count). The number of fused-ring (bicyclic) bond motifs is 1. The zero-order chi connectivity index (χ0) is 12.0. The molecule has 88 valence electrons. The highest BCUT2D eigenvalue weighted by Crippen LogP contribution is 2.20. The van der Waals surface area contributed by atoms with Gasteiger partial charge in [0, 0.05) is 13.1 Å². The molecule has 1 aliphatic heterocycles. The molecule has 0 saturated carbocycles. The van der Waals surface area contributed by atoms with Crippen molar-refractivity contribution in [1.29, 1.82) is 0 Å². The van der Waals surface area contributed by atoms with E-state index in [0.717, 1.165) is 30.0 Å². The van der Waals surface area contributed by atoms with Crippen LogP contribution >= 0.6 is 0 Å². The van der Waals surface area contributed by atoms with Crippen LogP contribution in [0.25, 0.3) is 5.69 Å². The maximum atomic E-state index is 11.8. The van der Waals surface area contributed by atoms with Crippen LogP contribution in [0.5, 0.6) is 0 Å². The second-order valence-corrected chi connectivity index (χ2v) is 4.71. The van der Waals surface area contributed by atoms with Gasteiger partial charge in [-0.05, 0) is 26.1 Å². The standard InChI is InChI=1S/C13H15N3O/c1-9-3-5-10(6-4-9)16-12-8-15(2)7-11(12)13(17)14-16/h3-6H,7-8H2,1-2H3,(H,14,17). The van der Waals surface area contributed by atoms with Gasteiger partial charge in [0.1, 0.15) is 0 Å². The fourth-order valence-corrected chi connectivity index (χ4v) is 2.33. The van der Waals surface area contributed by atoms with E-state index in [1.807, 2.05) is 23.9 Å². The van der Waals surface area contributed by atoms with Crippen LogP contribution in [0.3, 0.4) is 0 Å². The van der Waals surface area contributed by atoms with E-state index < -0.39 is 0 Å². The number of rotatable bonds is 1. The van der Waals surface area contributed by atoms with Crippen molar-refractivity contribution in [2.75, 3.05) is 7.05 Å². The molecule has 1 aromatic heterocycles. The molecule has 4 heteroatoms. The zero-order valence-electron chi connectivity index (χ0n) is 10.0. The lowest BCUT2D eigenvalue weighted by atomic mass is 10.2. The van der Waals surface area contributed by atoms with Crippen molar-refractivity contribution in [1.82, 2.24) is 14.7 Å². The molecule has 1 N–H and O–H groups in total. The van der Waals surface area contributed by atoms with Crippen molar-refractivity contribution >= 4 is 0 Å². The topological polar surface area (TPSA) is 41.0 Å². The van der Waals surface area contributed by atoms with E-state index in [0.29, 0.717) is 0 Å². The molecule has 1 aliphatic rings. The highest BCUT2D eigenvalue weighted by molar-refractivity contribution is 5.38. The molecule has 4 nitrogen and oxygen atoms in total. The van der Waals surface area contributed by atoms with Gasteiger partial charge in [0.15, 0.2) is 0 Å². The lowest BCUT2D eigenvalue weighted by molar-refractivity contribution is 0.345. The molecule has 0 radical (unpaired) electrons. The summed E-state index contributed by atoms with van der Waals surface area (Å²) in [5.74, 6) is 0. The van der Waals surface area contributed by atoms with Gasteiger partial charge in [-0.3, -0.25) is 19.5 Å². The number of hydrogen-bond donors (Lipinski definition) is 1. The summed E-state index contributed by atoms with van der Waals surface area (Å²) in [6.07, 6.45) is 0. The molecule has 0 unspecified atom stereocenters. The fourth-order valence-electron chi connectivity index (χ4n) is 2.33. The number of aromatic nitrogens is 2. The summed E-state index contributed by atoms with van der Waals surface area (Å²) in [6.45, 7) is 3.62. The van der Waals surface area contributed by atoms with Crippen LogP contribution in [-0.2, 0) is 13.1 Å². The van der Waals surface area contributed by atoms with Gasteiger partial charge in [-0.2, -0.15) is 0 Å². The van der Waals surface area contributed by atoms with Crippen molar-refractivity contribution in [2.45, 2.75) is 20.0 Å². The van der Waals surface area contributed by atoms with E-state index in [-0.39, 0.29) is 5.56 Å². The second kappa shape index (κ2) is 3.60. The third-order valence-electron chi connectivity index (χ3n) is 3.25. The Labute approximate surface area is 99.5 Å². The first-order valence-corrected chi connectivity index (χ1v) is 5.73. The van der Waals surface area contributed by atoms with Gasteiger partial charge < -0.3 is 0 Å². The summed E-state index contributed by atoms with van der Waals surface area (Å²) in [4.78, 5) is 14.0. The van der Waals surface area contributed by atoms with Crippen molar-refractivity contribution in [3.63, 3.8) is 0 Å². The van der Waals surface area contributed by atoms with Crippen LogP contribution in [0.4, 0.5) is 0 Å². The minimum Gasteiger partial charge on any atom is -0.296 e. The number of H-pyrrole nitrogens is 1. The second-order valence-electron chi connectivity index (χ2n) is 4.71. The van der Waals surface area contributed by atoms with Gasteiger partial charge in [-0.25, -0.2) is 0 Å². The molecule has 17 heavy (non-hydrogen) atoms. The predicted molar refractivity (Wildman–Crippen MR) is 66.3 cm³/mol. The Morgan fingerprint density at radius 1 is 1.18 bits per heavy atom. The Kier molecular flexibility index (Phi) is 2.19. The number of aromatic amines is 1. The Hall–Kier alpha value is -1.81. The molecule has 0 bridgehead atoms. The highest BCUT2D eigenvalue weighted by atomic mass is 16.1. The maximum Gasteiger partial charge on any atom is 0.269 e. The molecule has 0 amide bonds. The van der Waals surface area contributed by atoms with Crippen molar-refractivity contribution in [2.24, 2.45) is 0 Å². The largest absolute Gasteiger partial charge is 0.296 e. The molecular formula is C13H15N3O. The van der Waals surface area contributed by atoms with Crippen LogP contribution in [0.2, 0.25) is 0 Å². The van der Waals surface area contributed by atoms with E-state index in [1.54, 1.807) is 0 Å². The highest BCUT2D eigenvalue weighted by Gasteiger charge is 2.24. The molecule has 0 spiro atoms. The average molecular weight is 229 g/mol. The Morgan fingerprint density at radius 3 is 2.59 bits per heavy atom. The quantitative estimate of drug-likeness (QED) is 0.803. The first-order valence-electron chi connectivity index (χ1n) is 5.73. The lowest BCUT2D eigenvalue weighted by Gasteiger charge is -2.09. The average Bonchev–Trinajstić information content (AvgIpc) is 2.80. The SMILES string of the molecule is Cc1ccc(-n2[nH]c(=O)c3c2CN(C)C3)cc1. The Morgan fingerprint density at radius 2 is 1.88 bits per heavy atom. The van der Waals surface area contributed by atoms with E-state index in [1.165, 1.54) is 5.56 Å². The van der Waals surface area contributed by atoms with E-state index in [2.05, 4.69) is 29.1 Å². The summed E-state index contributed by atoms with van der Waals surface area (Å²) in [7, 11) is 2.03. The summed E-state index contributed by atoms with van der Waals surface area (Å²) in [6, 6.07) is 8.17. The van der Waals surface area contributed by atoms with E-state index >= 15 is 0 Å². The maximum absolute atomic E-state index is 11.8. The van der Waals surface area contributed by atoms with Crippen molar-refractivity contribution in [3.05, 3.63) is 51.4 Å². The number of nitrogens with one attached hydrogen (secondary N) is 1. The van der Waals surface area contributed by atoms with Crippen molar-refractivity contribution in [3.8, 4) is 5.69 Å². The summed E-state index contributed by atoms with van der Waals surface area (Å²) in [5.41, 5.74) is 4.25. The summed E-state index contributed by atoms with van der Waals surface area (Å²) >= 11 is 0. The van der Waals surface area contributed by atoms with Gasteiger partial charge >= 0.3 is 0 Å². The number of hydrogen-bond acceptors (Lipinski definition) is 2. The van der Waals surface area contributed by atoms with Gasteiger partial charge in [-0.15, -0.1) is 0 Å². The molecule has 0 aliphatic carbocycles. The van der Waals surface area contributed by atoms with E-state index in [9.17, 15) is 4.79 Å². The molecule has 1 aromatic carbocycles. The predicted octanol–water partition coefficient (Wildman–Crippen LogP) is 1.42. The molecule has 2 heterocycles. The van der Waals surface area contributed by atoms with Crippen LogP contribution in [-0.4, -0.2) is 21.7 Å². The summed E-state index contributed by atoms with van der Waals surface area (Å²) in [5, 5.41) is 2.91. The molecule has 0 saturated heterocycles. The van der Waals surface area contributed by atoms with E-state index in [4.69, 9.17) is 0 Å². The van der Waals surface area contributed by atoms with Crippen LogP contribution in [0.15, 0.2) is 29.1 Å². The number of benzene rings is 1. The third-order valence-corrected chi connectivity index (χ3v) is 3.25. The molecule has 0 atom stereocenters. The number of aryl methyl sites for hydroxylation is 1. The fraction of sp³-hybridized carbons (Fsp3) is 0.308. The van der Waals surface area contributed by atoms with Crippen molar-refractivity contribution < 1.29 is 0 Å². The molecule has 0 fully saturated rings. The Bertz CT molecular complexity index is 607. The lowest BCUT2D eigenvalue weighted by Crippen LogP contribution is -2.16. The van der Waals surface area contributed by atoms with Crippen LogP contribution in [0, 0.1) is 6.92 Å². The zero-order valence-corrected chi connectivity index (χ0v) is 10.0. The van der Waals surface area contributed by atoms with Crippen LogP contribution in [0.1, 0.15) is 16.8 Å². The molecular weight excluding hydrogens is 214 g/mol. The smallest absolute Gasteiger partial charge is 0.269 e. The minimum absolute atomic E-state index is 0.0323. The Balaban J connectivity index is 2.14. The van der Waals surface area contributed by atoms with Gasteiger partial charge in [0.05, 0.1) is 16.9 Å². The monoisotopic (exact) mass is 229 g/mol. The minimum atomic E-state index is 0.0323. The first-order chi connectivity index (χ1) is 8.15. The van der Waals surface area contributed by atoms with Gasteiger partial charge in [-0.1, -0.05) is 17.7 Å².